The average molecular weight is 489 g/mol. The molecule has 12 heteroatoms. The Kier molecular flexibility index (Phi) is 6.10. The molecule has 1 aromatic carbocycles. The van der Waals surface area contributed by atoms with Crippen molar-refractivity contribution in [3.8, 4) is 23.4 Å². The van der Waals surface area contributed by atoms with E-state index in [1.165, 1.54) is 28.8 Å². The Morgan fingerprint density at radius 2 is 2.03 bits per heavy atom. The molecule has 0 radical (unpaired) electrons. The Balaban J connectivity index is 1.64. The highest BCUT2D eigenvalue weighted by atomic mass is 19.4. The zero-order chi connectivity index (χ0) is 25.5. The summed E-state index contributed by atoms with van der Waals surface area (Å²) in [5.41, 5.74) is 1.32. The molecular weight excluding hydrogens is 470 g/mol. The summed E-state index contributed by atoms with van der Waals surface area (Å²) < 4.78 is 64.6. The third kappa shape index (κ3) is 4.49. The van der Waals surface area contributed by atoms with Crippen LogP contribution in [0.2, 0.25) is 0 Å². The number of fused-ring (bicyclic) bond motifs is 1. The van der Waals surface area contributed by atoms with Crippen LogP contribution in [0, 0.1) is 24.1 Å². The van der Waals surface area contributed by atoms with Gasteiger partial charge in [0.05, 0.1) is 31.1 Å². The Morgan fingerprint density at radius 1 is 1.29 bits per heavy atom. The number of hydrogen-bond acceptors (Lipinski definition) is 6. The number of methoxy groups -OCH3 is 1. The average Bonchev–Trinajstić information content (AvgIpc) is 3.39. The third-order valence-corrected chi connectivity index (χ3v) is 5.56. The highest BCUT2D eigenvalue weighted by Crippen LogP contribution is 2.37. The lowest BCUT2D eigenvalue weighted by Crippen LogP contribution is -2.33. The Bertz CT molecular complexity index is 1320. The monoisotopic (exact) mass is 489 g/mol. The molecule has 3 heterocycles. The molecule has 2 aromatic heterocycles. The third-order valence-electron chi connectivity index (χ3n) is 5.56. The van der Waals surface area contributed by atoms with Crippen LogP contribution in [-0.2, 0) is 13.1 Å². The van der Waals surface area contributed by atoms with Gasteiger partial charge in [-0.25, -0.2) is 14.1 Å². The number of ether oxygens (including phenoxy) is 2. The first-order valence-corrected chi connectivity index (χ1v) is 10.4. The van der Waals surface area contributed by atoms with Crippen molar-refractivity contribution in [3.05, 3.63) is 64.4 Å². The number of nitrogens with zero attached hydrogens (tertiary/aromatic N) is 5. The van der Waals surface area contributed by atoms with Crippen molar-refractivity contribution < 1.29 is 31.8 Å². The van der Waals surface area contributed by atoms with Gasteiger partial charge < -0.3 is 14.4 Å². The summed E-state index contributed by atoms with van der Waals surface area (Å²) in [5, 5.41) is 13.8. The first kappa shape index (κ1) is 24.0. The van der Waals surface area contributed by atoms with E-state index in [0.29, 0.717) is 22.6 Å². The molecule has 1 atom stereocenters. The van der Waals surface area contributed by atoms with E-state index < -0.39 is 24.0 Å². The summed E-state index contributed by atoms with van der Waals surface area (Å²) in [5.74, 6) is -1.25. The highest BCUT2D eigenvalue weighted by Gasteiger charge is 2.40. The van der Waals surface area contributed by atoms with Crippen LogP contribution in [-0.4, -0.2) is 45.0 Å². The smallest absolute Gasteiger partial charge is 0.425 e. The van der Waals surface area contributed by atoms with Crippen molar-refractivity contribution in [2.24, 2.45) is 0 Å². The molecule has 0 bridgehead atoms. The summed E-state index contributed by atoms with van der Waals surface area (Å²) in [6.45, 7) is 2.57. The van der Waals surface area contributed by atoms with Crippen LogP contribution in [0.1, 0.15) is 39.7 Å². The summed E-state index contributed by atoms with van der Waals surface area (Å²) in [6, 6.07) is 5.78. The number of amides is 1. The minimum Gasteiger partial charge on any atom is -0.494 e. The van der Waals surface area contributed by atoms with Gasteiger partial charge in [0.2, 0.25) is 0 Å². The van der Waals surface area contributed by atoms with Crippen molar-refractivity contribution in [3.63, 3.8) is 0 Å². The lowest BCUT2D eigenvalue weighted by molar-refractivity contribution is -0.189. The molecule has 1 aliphatic rings. The van der Waals surface area contributed by atoms with E-state index in [0.717, 1.165) is 19.2 Å². The van der Waals surface area contributed by atoms with E-state index >= 15 is 0 Å². The van der Waals surface area contributed by atoms with Gasteiger partial charge in [-0.1, -0.05) is 0 Å². The molecular formula is C23H19F4N5O3. The quantitative estimate of drug-likeness (QED) is 0.502. The van der Waals surface area contributed by atoms with Crippen LogP contribution in [0.25, 0.3) is 5.82 Å². The summed E-state index contributed by atoms with van der Waals surface area (Å²) >= 11 is 0. The maximum Gasteiger partial charge on any atom is 0.425 e. The maximum atomic E-state index is 13.5. The number of aryl methyl sites for hydroxylation is 1. The number of carbonyl (C=O) groups excluding carboxylic acids is 1. The zero-order valence-corrected chi connectivity index (χ0v) is 18.9. The van der Waals surface area contributed by atoms with E-state index in [4.69, 9.17) is 9.47 Å². The van der Waals surface area contributed by atoms with Crippen molar-refractivity contribution in [1.82, 2.24) is 19.7 Å². The molecule has 35 heavy (non-hydrogen) atoms. The number of benzene rings is 1. The lowest BCUT2D eigenvalue weighted by Gasteiger charge is -2.23. The first-order valence-electron chi connectivity index (χ1n) is 10.4. The number of hydrogen-bond donors (Lipinski definition) is 0. The Morgan fingerprint density at radius 3 is 2.63 bits per heavy atom. The fourth-order valence-corrected chi connectivity index (χ4v) is 3.64. The number of carbonyl (C=O) groups is 1. The van der Waals surface area contributed by atoms with E-state index in [1.807, 2.05) is 6.07 Å². The van der Waals surface area contributed by atoms with Crippen LogP contribution >= 0.6 is 0 Å². The van der Waals surface area contributed by atoms with E-state index in [2.05, 4.69) is 10.1 Å². The van der Waals surface area contributed by atoms with Crippen LogP contribution in [0.5, 0.6) is 11.5 Å². The van der Waals surface area contributed by atoms with Crippen LogP contribution in [0.3, 0.4) is 0 Å². The minimum absolute atomic E-state index is 0.0252. The SMILES string of the molecule is COc1c(C#N)ccc(O[C@@H](C)C(F)(F)F)c1C(=O)N1Cc2cn(-c3cc(C)c(F)cn3)nc2C1. The van der Waals surface area contributed by atoms with E-state index in [1.54, 1.807) is 13.1 Å². The van der Waals surface area contributed by atoms with Gasteiger partial charge in [0.25, 0.3) is 5.91 Å². The van der Waals surface area contributed by atoms with Gasteiger partial charge >= 0.3 is 6.18 Å². The zero-order valence-electron chi connectivity index (χ0n) is 18.9. The number of halogens is 4. The summed E-state index contributed by atoms with van der Waals surface area (Å²) in [6.07, 6.45) is -4.13. The first-order chi connectivity index (χ1) is 16.5. The van der Waals surface area contributed by atoms with Crippen molar-refractivity contribution >= 4 is 5.91 Å². The van der Waals surface area contributed by atoms with Gasteiger partial charge in [-0.05, 0) is 37.6 Å². The Hall–Kier alpha value is -4.14. The second kappa shape index (κ2) is 8.90. The number of rotatable bonds is 5. The number of aromatic nitrogens is 3. The normalized spacial score (nSPS) is 13.8. The molecule has 1 aliphatic heterocycles. The van der Waals surface area contributed by atoms with Gasteiger partial charge in [0.15, 0.2) is 17.7 Å². The predicted octanol–water partition coefficient (Wildman–Crippen LogP) is 4.08. The molecule has 0 aliphatic carbocycles. The Labute approximate surface area is 197 Å². The fourth-order valence-electron chi connectivity index (χ4n) is 3.64. The summed E-state index contributed by atoms with van der Waals surface area (Å²) in [7, 11) is 1.21. The van der Waals surface area contributed by atoms with Gasteiger partial charge in [-0.3, -0.25) is 4.79 Å². The van der Waals surface area contributed by atoms with E-state index in [9.17, 15) is 27.6 Å². The molecule has 182 valence electrons. The molecule has 1 amide bonds. The largest absolute Gasteiger partial charge is 0.494 e. The van der Waals surface area contributed by atoms with Gasteiger partial charge in [0, 0.05) is 18.3 Å². The van der Waals surface area contributed by atoms with E-state index in [-0.39, 0.29) is 35.7 Å². The molecule has 0 spiro atoms. The molecule has 0 unspecified atom stereocenters. The topological polar surface area (TPSA) is 93.3 Å². The van der Waals surface area contributed by atoms with Crippen LogP contribution < -0.4 is 9.47 Å². The lowest BCUT2D eigenvalue weighted by atomic mass is 10.1. The molecule has 0 saturated heterocycles. The highest BCUT2D eigenvalue weighted by molar-refractivity contribution is 6.00. The number of alkyl halides is 3. The standard InChI is InChI=1S/C23H19F4N5O3/c1-12-6-19(29-8-16(12)24)32-10-15-9-31(11-17(15)30-32)22(33)20-18(35-13(2)23(25,26)27)5-4-14(7-28)21(20)34-3/h4-6,8,10,13H,9,11H2,1-3H3/t13-/m0/s1. The van der Waals surface area contributed by atoms with Gasteiger partial charge in [-0.2, -0.15) is 23.5 Å². The van der Waals surface area contributed by atoms with Crippen LogP contribution in [0.15, 0.2) is 30.6 Å². The molecule has 0 saturated carbocycles. The maximum absolute atomic E-state index is 13.5. The number of pyridine rings is 1. The van der Waals surface area contributed by atoms with Gasteiger partial charge in [-0.15, -0.1) is 0 Å². The van der Waals surface area contributed by atoms with Gasteiger partial charge in [0.1, 0.15) is 23.2 Å². The van der Waals surface area contributed by atoms with Crippen LogP contribution in [0.4, 0.5) is 17.6 Å². The fraction of sp³-hybridized carbons (Fsp3) is 0.304. The second-order valence-corrected chi connectivity index (χ2v) is 7.93. The minimum atomic E-state index is -4.66. The van der Waals surface area contributed by atoms with Crippen molar-refractivity contribution in [1.29, 1.82) is 5.26 Å². The molecule has 0 fully saturated rings. The molecule has 3 aromatic rings. The molecule has 8 nitrogen and oxygen atoms in total. The molecule has 4 rings (SSSR count). The predicted molar refractivity (Wildman–Crippen MR) is 113 cm³/mol. The van der Waals surface area contributed by atoms with Crippen molar-refractivity contribution in [2.45, 2.75) is 39.2 Å². The summed E-state index contributed by atoms with van der Waals surface area (Å²) in [4.78, 5) is 18.8. The second-order valence-electron chi connectivity index (χ2n) is 7.93. The van der Waals surface area contributed by atoms with Crippen molar-refractivity contribution in [2.75, 3.05) is 7.11 Å². The molecule has 0 N–H and O–H groups in total. The number of nitriles is 1.